The zero-order chi connectivity index (χ0) is 15.1. The normalized spacial score (nSPS) is 20.6. The Hall–Kier alpha value is -1.26. The van der Waals surface area contributed by atoms with Gasteiger partial charge in [0.1, 0.15) is 0 Å². The molecule has 1 aliphatic rings. The van der Waals surface area contributed by atoms with E-state index in [9.17, 15) is 0 Å². The van der Waals surface area contributed by atoms with Gasteiger partial charge in [-0.05, 0) is 63.5 Å². The molecule has 1 heterocycles. The molecule has 0 radical (unpaired) electrons. The third-order valence-corrected chi connectivity index (χ3v) is 4.19. The molecule has 2 rings (SSSR count). The molecule has 0 amide bonds. The molecule has 0 aromatic heterocycles. The van der Waals surface area contributed by atoms with Gasteiger partial charge in [-0.3, -0.25) is 0 Å². The number of hydrogen-bond donors (Lipinski definition) is 1. The number of ether oxygens (including phenoxy) is 2. The predicted octanol–water partition coefficient (Wildman–Crippen LogP) is 2.32. The van der Waals surface area contributed by atoms with Crippen molar-refractivity contribution in [2.75, 3.05) is 40.4 Å². The van der Waals surface area contributed by atoms with Crippen LogP contribution in [0.5, 0.6) is 11.5 Å². The van der Waals surface area contributed by atoms with E-state index in [0.717, 1.165) is 31.0 Å². The van der Waals surface area contributed by atoms with Crippen molar-refractivity contribution in [3.63, 3.8) is 0 Å². The molecule has 0 bridgehead atoms. The maximum absolute atomic E-state index is 5.37. The molecule has 1 atom stereocenters. The summed E-state index contributed by atoms with van der Waals surface area (Å²) < 4.78 is 10.7. The van der Waals surface area contributed by atoms with E-state index in [1.54, 1.807) is 14.2 Å². The molecule has 118 valence electrons. The van der Waals surface area contributed by atoms with E-state index in [4.69, 9.17) is 9.47 Å². The highest BCUT2D eigenvalue weighted by molar-refractivity contribution is 5.42. The Morgan fingerprint density at radius 1 is 1.19 bits per heavy atom. The van der Waals surface area contributed by atoms with Gasteiger partial charge in [-0.25, -0.2) is 0 Å². The van der Waals surface area contributed by atoms with Crippen molar-refractivity contribution in [2.24, 2.45) is 0 Å². The highest BCUT2D eigenvalue weighted by Crippen LogP contribution is 2.27. The zero-order valence-electron chi connectivity index (χ0n) is 13.5. The van der Waals surface area contributed by atoms with Crippen LogP contribution < -0.4 is 14.8 Å². The average Bonchev–Trinajstić information content (AvgIpc) is 2.50. The molecule has 1 N–H and O–H groups in total. The fourth-order valence-corrected chi connectivity index (χ4v) is 2.79. The highest BCUT2D eigenvalue weighted by Gasteiger charge is 2.12. The van der Waals surface area contributed by atoms with Crippen molar-refractivity contribution in [3.05, 3.63) is 23.8 Å². The van der Waals surface area contributed by atoms with E-state index in [2.05, 4.69) is 29.3 Å². The second-order valence-corrected chi connectivity index (χ2v) is 5.78. The van der Waals surface area contributed by atoms with E-state index < -0.39 is 0 Å². The Bertz CT molecular complexity index is 437. The smallest absolute Gasteiger partial charge is 0.160 e. The first-order valence-corrected chi connectivity index (χ1v) is 7.89. The van der Waals surface area contributed by atoms with Crippen LogP contribution in [-0.4, -0.2) is 51.3 Å². The van der Waals surface area contributed by atoms with Crippen LogP contribution in [0.3, 0.4) is 0 Å². The molecule has 0 aliphatic carbocycles. The lowest BCUT2D eigenvalue weighted by Crippen LogP contribution is -2.39. The minimum atomic E-state index is 0.633. The molecule has 1 saturated heterocycles. The van der Waals surface area contributed by atoms with E-state index in [1.807, 2.05) is 6.07 Å². The molecule has 1 aromatic rings. The number of nitrogens with one attached hydrogen (secondary N) is 1. The molecule has 21 heavy (non-hydrogen) atoms. The Morgan fingerprint density at radius 2 is 2.00 bits per heavy atom. The molecular weight excluding hydrogens is 264 g/mol. The van der Waals surface area contributed by atoms with Crippen LogP contribution in [0.4, 0.5) is 0 Å². The van der Waals surface area contributed by atoms with Crippen molar-refractivity contribution >= 4 is 0 Å². The Labute approximate surface area is 128 Å². The summed E-state index contributed by atoms with van der Waals surface area (Å²) in [6.45, 7) is 6.89. The molecule has 4 nitrogen and oxygen atoms in total. The van der Waals surface area contributed by atoms with E-state index in [1.165, 1.54) is 31.5 Å². The summed E-state index contributed by atoms with van der Waals surface area (Å²) in [7, 11) is 3.36. The van der Waals surface area contributed by atoms with E-state index >= 15 is 0 Å². The maximum atomic E-state index is 5.37. The summed E-state index contributed by atoms with van der Waals surface area (Å²) in [6, 6.07) is 6.85. The number of benzene rings is 1. The third kappa shape index (κ3) is 4.90. The minimum absolute atomic E-state index is 0.633. The van der Waals surface area contributed by atoms with Gasteiger partial charge in [-0.15, -0.1) is 0 Å². The topological polar surface area (TPSA) is 33.7 Å². The molecule has 4 heteroatoms. The highest BCUT2D eigenvalue weighted by atomic mass is 16.5. The van der Waals surface area contributed by atoms with Crippen molar-refractivity contribution in [3.8, 4) is 11.5 Å². The Balaban J connectivity index is 1.89. The fraction of sp³-hybridized carbons (Fsp3) is 0.647. The number of nitrogens with zero attached hydrogens (tertiary/aromatic N) is 1. The first-order chi connectivity index (χ1) is 10.2. The second kappa shape index (κ2) is 8.25. The Kier molecular flexibility index (Phi) is 6.33. The van der Waals surface area contributed by atoms with Gasteiger partial charge in [0.2, 0.25) is 0 Å². The SMILES string of the molecule is COc1ccc(CCN2CCCNC(C)CC2)cc1OC. The van der Waals surface area contributed by atoms with Crippen molar-refractivity contribution in [1.82, 2.24) is 10.2 Å². The monoisotopic (exact) mass is 292 g/mol. The van der Waals surface area contributed by atoms with Gasteiger partial charge in [0.15, 0.2) is 11.5 Å². The van der Waals surface area contributed by atoms with Gasteiger partial charge < -0.3 is 19.7 Å². The molecule has 0 saturated carbocycles. The van der Waals surface area contributed by atoms with Crippen molar-refractivity contribution in [2.45, 2.75) is 32.2 Å². The fourth-order valence-electron chi connectivity index (χ4n) is 2.79. The molecule has 1 aliphatic heterocycles. The van der Waals surface area contributed by atoms with Crippen LogP contribution in [0.15, 0.2) is 18.2 Å². The van der Waals surface area contributed by atoms with E-state index in [-0.39, 0.29) is 0 Å². The molecule has 0 spiro atoms. The van der Waals surface area contributed by atoms with Gasteiger partial charge in [-0.1, -0.05) is 6.07 Å². The summed E-state index contributed by atoms with van der Waals surface area (Å²) >= 11 is 0. The molecule has 1 unspecified atom stereocenters. The average molecular weight is 292 g/mol. The lowest BCUT2D eigenvalue weighted by molar-refractivity contribution is 0.239. The third-order valence-electron chi connectivity index (χ3n) is 4.19. The first kappa shape index (κ1) is 16.1. The summed E-state index contributed by atoms with van der Waals surface area (Å²) in [5.74, 6) is 1.62. The van der Waals surface area contributed by atoms with Crippen LogP contribution in [-0.2, 0) is 6.42 Å². The Morgan fingerprint density at radius 3 is 2.76 bits per heavy atom. The molecule has 1 aromatic carbocycles. The van der Waals surface area contributed by atoms with Crippen LogP contribution in [0.2, 0.25) is 0 Å². The first-order valence-electron chi connectivity index (χ1n) is 7.89. The maximum Gasteiger partial charge on any atom is 0.160 e. The number of rotatable bonds is 5. The van der Waals surface area contributed by atoms with Gasteiger partial charge in [0.25, 0.3) is 0 Å². The summed E-state index contributed by atoms with van der Waals surface area (Å²) in [4.78, 5) is 2.58. The number of hydrogen-bond acceptors (Lipinski definition) is 4. The molecular formula is C17H28N2O2. The van der Waals surface area contributed by atoms with Crippen LogP contribution in [0.25, 0.3) is 0 Å². The number of methoxy groups -OCH3 is 2. The standard InChI is InChI=1S/C17H28N2O2/c1-14-7-11-19(10-4-9-18-14)12-8-15-5-6-16(20-2)17(13-15)21-3/h5-6,13-14,18H,4,7-12H2,1-3H3. The van der Waals surface area contributed by atoms with Gasteiger partial charge in [-0.2, -0.15) is 0 Å². The zero-order valence-corrected chi connectivity index (χ0v) is 13.5. The molecule has 1 fully saturated rings. The van der Waals surface area contributed by atoms with Crippen LogP contribution in [0, 0.1) is 0 Å². The van der Waals surface area contributed by atoms with E-state index in [0.29, 0.717) is 6.04 Å². The second-order valence-electron chi connectivity index (χ2n) is 5.78. The lowest BCUT2D eigenvalue weighted by atomic mass is 10.1. The lowest BCUT2D eigenvalue weighted by Gasteiger charge is -2.27. The quantitative estimate of drug-likeness (QED) is 0.903. The van der Waals surface area contributed by atoms with Gasteiger partial charge in [0, 0.05) is 12.6 Å². The minimum Gasteiger partial charge on any atom is -0.493 e. The summed E-state index contributed by atoms with van der Waals surface area (Å²) in [5.41, 5.74) is 1.31. The van der Waals surface area contributed by atoms with Crippen molar-refractivity contribution < 1.29 is 9.47 Å². The van der Waals surface area contributed by atoms with Gasteiger partial charge in [0.05, 0.1) is 14.2 Å². The van der Waals surface area contributed by atoms with Crippen LogP contribution >= 0.6 is 0 Å². The summed E-state index contributed by atoms with van der Waals surface area (Å²) in [5, 5.41) is 3.55. The summed E-state index contributed by atoms with van der Waals surface area (Å²) in [6.07, 6.45) is 3.52. The predicted molar refractivity (Wildman–Crippen MR) is 86.4 cm³/mol. The largest absolute Gasteiger partial charge is 0.493 e. The van der Waals surface area contributed by atoms with Crippen molar-refractivity contribution in [1.29, 1.82) is 0 Å². The van der Waals surface area contributed by atoms with Crippen LogP contribution in [0.1, 0.15) is 25.3 Å². The van der Waals surface area contributed by atoms with Gasteiger partial charge >= 0.3 is 0 Å².